The van der Waals surface area contributed by atoms with Crippen molar-refractivity contribution in [1.29, 1.82) is 0 Å². The maximum absolute atomic E-state index is 9.09. The average Bonchev–Trinajstić information content (AvgIpc) is 1.64. The fourth-order valence-electron chi connectivity index (χ4n) is 0.417. The Labute approximate surface area is 55.8 Å². The fraction of sp³-hybridized carbons (Fsp3) is 0.714. The second kappa shape index (κ2) is 2.99. The minimum atomic E-state index is -1.05. The summed E-state index contributed by atoms with van der Waals surface area (Å²) in [6, 6.07) is 0. The van der Waals surface area contributed by atoms with Crippen LogP contribution in [0.15, 0.2) is 6.08 Å². The first-order valence-corrected chi connectivity index (χ1v) is 2.92. The molecule has 1 radical (unpaired) electrons. The van der Waals surface area contributed by atoms with E-state index in [1.807, 2.05) is 0 Å². The van der Waals surface area contributed by atoms with Crippen molar-refractivity contribution in [2.24, 2.45) is 0 Å². The van der Waals surface area contributed by atoms with E-state index < -0.39 is 11.7 Å². The average molecular weight is 129 g/mol. The van der Waals surface area contributed by atoms with Crippen LogP contribution in [0.4, 0.5) is 0 Å². The summed E-state index contributed by atoms with van der Waals surface area (Å²) in [5.74, 6) is 0. The highest BCUT2D eigenvalue weighted by Crippen LogP contribution is 2.10. The Morgan fingerprint density at radius 3 is 2.22 bits per heavy atom. The van der Waals surface area contributed by atoms with Crippen molar-refractivity contribution in [3.05, 3.63) is 12.7 Å². The highest BCUT2D eigenvalue weighted by atomic mass is 16.3. The molecule has 1 atom stereocenters. The third-order valence-corrected chi connectivity index (χ3v) is 1.17. The van der Waals surface area contributed by atoms with Gasteiger partial charge in [0.15, 0.2) is 0 Å². The van der Waals surface area contributed by atoms with Gasteiger partial charge in [-0.1, -0.05) is 12.7 Å². The van der Waals surface area contributed by atoms with Crippen molar-refractivity contribution in [3.8, 4) is 0 Å². The Bertz CT molecular complexity index is 91.6. The lowest BCUT2D eigenvalue weighted by Crippen LogP contribution is -2.35. The molecule has 2 nitrogen and oxygen atoms in total. The van der Waals surface area contributed by atoms with Gasteiger partial charge >= 0.3 is 0 Å². The summed E-state index contributed by atoms with van der Waals surface area (Å²) in [6.45, 7) is 8.12. The van der Waals surface area contributed by atoms with Crippen LogP contribution >= 0.6 is 0 Å². The lowest BCUT2D eigenvalue weighted by Gasteiger charge is -2.22. The third kappa shape index (κ3) is 3.27. The van der Waals surface area contributed by atoms with Gasteiger partial charge in [-0.15, -0.1) is 0 Å². The van der Waals surface area contributed by atoms with Crippen LogP contribution in [0.2, 0.25) is 0 Å². The Balaban J connectivity index is 3.72. The second-order valence-corrected chi connectivity index (χ2v) is 2.64. The summed E-state index contributed by atoms with van der Waals surface area (Å²) in [5.41, 5.74) is -1.05. The third-order valence-electron chi connectivity index (χ3n) is 1.17. The smallest absolute Gasteiger partial charge is 0.0856 e. The van der Waals surface area contributed by atoms with Crippen LogP contribution in [0.25, 0.3) is 0 Å². The minimum Gasteiger partial charge on any atom is -0.390 e. The zero-order valence-electron chi connectivity index (χ0n) is 5.83. The molecule has 0 aliphatic heterocycles. The molecule has 1 unspecified atom stereocenters. The molecule has 0 fully saturated rings. The van der Waals surface area contributed by atoms with Gasteiger partial charge in [-0.25, -0.2) is 0 Å². The van der Waals surface area contributed by atoms with Crippen LogP contribution < -0.4 is 0 Å². The maximum atomic E-state index is 9.09. The van der Waals surface area contributed by atoms with Gasteiger partial charge in [0.05, 0.1) is 11.7 Å². The largest absolute Gasteiger partial charge is 0.390 e. The number of hydrogen-bond acceptors (Lipinski definition) is 2. The molecule has 0 aromatic heterocycles. The number of aliphatic hydroxyl groups excluding tert-OH is 1. The van der Waals surface area contributed by atoms with E-state index in [1.165, 1.54) is 6.08 Å². The first-order chi connectivity index (χ1) is 3.98. The van der Waals surface area contributed by atoms with Crippen molar-refractivity contribution in [2.45, 2.75) is 32.0 Å². The molecule has 9 heavy (non-hydrogen) atoms. The predicted molar refractivity (Wildman–Crippen MR) is 35.8 cm³/mol. The van der Waals surface area contributed by atoms with Gasteiger partial charge in [0, 0.05) is 0 Å². The van der Waals surface area contributed by atoms with E-state index in [1.54, 1.807) is 13.8 Å². The van der Waals surface area contributed by atoms with Crippen LogP contribution in [-0.4, -0.2) is 21.9 Å². The van der Waals surface area contributed by atoms with Gasteiger partial charge in [0.25, 0.3) is 0 Å². The fourth-order valence-corrected chi connectivity index (χ4v) is 0.417. The highest BCUT2D eigenvalue weighted by Gasteiger charge is 2.22. The van der Waals surface area contributed by atoms with E-state index in [-0.39, 0.29) is 0 Å². The first-order valence-electron chi connectivity index (χ1n) is 2.92. The van der Waals surface area contributed by atoms with E-state index in [2.05, 4.69) is 0 Å². The van der Waals surface area contributed by atoms with Crippen LogP contribution in [-0.2, 0) is 0 Å². The summed E-state index contributed by atoms with van der Waals surface area (Å²) in [4.78, 5) is 0. The molecule has 0 rings (SSSR count). The van der Waals surface area contributed by atoms with E-state index in [0.29, 0.717) is 6.42 Å². The van der Waals surface area contributed by atoms with Crippen molar-refractivity contribution in [1.82, 2.24) is 0 Å². The molecule has 0 aliphatic carbocycles. The zero-order valence-corrected chi connectivity index (χ0v) is 5.83. The van der Waals surface area contributed by atoms with Gasteiger partial charge in [-0.05, 0) is 20.3 Å². The molecule has 0 bridgehead atoms. The van der Waals surface area contributed by atoms with Gasteiger partial charge < -0.3 is 10.2 Å². The number of aliphatic hydroxyl groups is 2. The normalized spacial score (nSPS) is 15.1. The quantitative estimate of drug-likeness (QED) is 0.582. The molecule has 2 heteroatoms. The van der Waals surface area contributed by atoms with E-state index >= 15 is 0 Å². The summed E-state index contributed by atoms with van der Waals surface area (Å²) < 4.78 is 0. The lowest BCUT2D eigenvalue weighted by molar-refractivity contribution is -0.0456. The number of hydrogen-bond donors (Lipinski definition) is 2. The first kappa shape index (κ1) is 8.66. The van der Waals surface area contributed by atoms with Gasteiger partial charge in [0.2, 0.25) is 0 Å². The molecule has 0 saturated heterocycles. The molecule has 0 spiro atoms. The maximum Gasteiger partial charge on any atom is 0.0856 e. The SMILES string of the molecule is [CH]=CCC(O)C(C)(C)O. The van der Waals surface area contributed by atoms with Crippen LogP contribution in [0.1, 0.15) is 20.3 Å². The van der Waals surface area contributed by atoms with Gasteiger partial charge in [-0.3, -0.25) is 0 Å². The molecular weight excluding hydrogens is 116 g/mol. The van der Waals surface area contributed by atoms with Crippen molar-refractivity contribution < 1.29 is 10.2 Å². The molecule has 2 N–H and O–H groups in total. The topological polar surface area (TPSA) is 40.5 Å². The summed E-state index contributed by atoms with van der Waals surface area (Å²) >= 11 is 0. The van der Waals surface area contributed by atoms with Crippen LogP contribution in [0, 0.1) is 6.58 Å². The van der Waals surface area contributed by atoms with E-state index in [9.17, 15) is 0 Å². The molecule has 53 valence electrons. The Kier molecular flexibility index (Phi) is 2.88. The van der Waals surface area contributed by atoms with E-state index in [0.717, 1.165) is 0 Å². The Hall–Kier alpha value is -0.340. The zero-order chi connectivity index (χ0) is 7.49. The van der Waals surface area contributed by atoms with Crippen molar-refractivity contribution in [3.63, 3.8) is 0 Å². The molecule has 0 amide bonds. The summed E-state index contributed by atoms with van der Waals surface area (Å²) in [6.07, 6.45) is 0.897. The molecule has 0 heterocycles. The van der Waals surface area contributed by atoms with Crippen molar-refractivity contribution in [2.75, 3.05) is 0 Å². The van der Waals surface area contributed by atoms with Crippen LogP contribution in [0.3, 0.4) is 0 Å². The van der Waals surface area contributed by atoms with Gasteiger partial charge in [0.1, 0.15) is 0 Å². The van der Waals surface area contributed by atoms with Crippen molar-refractivity contribution >= 4 is 0 Å². The monoisotopic (exact) mass is 129 g/mol. The summed E-state index contributed by atoms with van der Waals surface area (Å²) in [7, 11) is 0. The van der Waals surface area contributed by atoms with Gasteiger partial charge in [-0.2, -0.15) is 0 Å². The molecule has 0 saturated carbocycles. The minimum absolute atomic E-state index is 0.323. The lowest BCUT2D eigenvalue weighted by atomic mass is 9.99. The number of rotatable bonds is 3. The molecule has 0 aromatic carbocycles. The molecular formula is C7H13O2. The summed E-state index contributed by atoms with van der Waals surface area (Å²) in [5, 5.41) is 18.1. The predicted octanol–water partition coefficient (Wildman–Crippen LogP) is 0.497. The molecule has 0 aliphatic rings. The highest BCUT2D eigenvalue weighted by molar-refractivity contribution is 4.81. The Morgan fingerprint density at radius 2 is 2.11 bits per heavy atom. The second-order valence-electron chi connectivity index (χ2n) is 2.64. The van der Waals surface area contributed by atoms with Crippen LogP contribution in [0.5, 0.6) is 0 Å². The standard InChI is InChI=1S/C7H13O2/c1-4-5-6(8)7(2,3)9/h1,4,6,8-9H,5H2,2-3H3. The molecule has 0 aromatic rings. The van der Waals surface area contributed by atoms with E-state index in [4.69, 9.17) is 16.8 Å². The Morgan fingerprint density at radius 1 is 1.67 bits per heavy atom.